The Balaban J connectivity index is 2.11. The molecule has 1 aromatic heterocycles. The minimum absolute atomic E-state index is 0.0104. The van der Waals surface area contributed by atoms with Crippen LogP contribution >= 0.6 is 11.6 Å². The number of nitrogens with zero attached hydrogens (tertiary/aromatic N) is 3. The van der Waals surface area contributed by atoms with Crippen molar-refractivity contribution in [3.05, 3.63) is 55.3 Å². The van der Waals surface area contributed by atoms with Gasteiger partial charge in [-0.25, -0.2) is 4.79 Å². The van der Waals surface area contributed by atoms with E-state index in [9.17, 15) is 9.59 Å². The van der Waals surface area contributed by atoms with Gasteiger partial charge in [-0.1, -0.05) is 11.6 Å². The Morgan fingerprint density at radius 3 is 2.83 bits per heavy atom. The van der Waals surface area contributed by atoms with Crippen molar-refractivity contribution in [2.75, 3.05) is 6.79 Å². The van der Waals surface area contributed by atoms with E-state index in [1.54, 1.807) is 19.1 Å². The van der Waals surface area contributed by atoms with Crippen LogP contribution in [-0.4, -0.2) is 15.9 Å². The van der Waals surface area contributed by atoms with E-state index in [-0.39, 0.29) is 18.9 Å². The first-order chi connectivity index (χ1) is 11.0. The lowest BCUT2D eigenvalue weighted by molar-refractivity contribution is 0.174. The molecule has 2 heterocycles. The molecule has 1 aliphatic rings. The van der Waals surface area contributed by atoms with Crippen LogP contribution in [0, 0.1) is 11.3 Å². The second-order valence-corrected chi connectivity index (χ2v) is 5.33. The summed E-state index contributed by atoms with van der Waals surface area (Å²) in [5.41, 5.74) is -0.587. The third kappa shape index (κ3) is 2.58. The number of fused-ring (bicyclic) bond motifs is 1. The molecule has 0 N–H and O–H groups in total. The highest BCUT2D eigenvalue weighted by molar-refractivity contribution is 6.32. The maximum atomic E-state index is 12.3. The Morgan fingerprint density at radius 1 is 1.35 bits per heavy atom. The molecule has 0 fully saturated rings. The van der Waals surface area contributed by atoms with Gasteiger partial charge in [-0.2, -0.15) is 5.26 Å². The molecule has 0 bridgehead atoms. The van der Waals surface area contributed by atoms with E-state index in [1.807, 2.05) is 6.07 Å². The molecule has 0 saturated carbocycles. The van der Waals surface area contributed by atoms with E-state index in [4.69, 9.17) is 26.3 Å². The van der Waals surface area contributed by atoms with Crippen molar-refractivity contribution in [2.45, 2.75) is 20.0 Å². The molecule has 0 aliphatic carbocycles. The van der Waals surface area contributed by atoms with Gasteiger partial charge in [0.1, 0.15) is 11.6 Å². The van der Waals surface area contributed by atoms with Gasteiger partial charge in [-0.3, -0.25) is 13.9 Å². The largest absolute Gasteiger partial charge is 0.454 e. The van der Waals surface area contributed by atoms with Gasteiger partial charge < -0.3 is 9.47 Å². The molecule has 0 unspecified atom stereocenters. The summed E-state index contributed by atoms with van der Waals surface area (Å²) < 4.78 is 12.8. The molecule has 0 saturated heterocycles. The minimum atomic E-state index is -0.629. The van der Waals surface area contributed by atoms with Crippen LogP contribution in [0.1, 0.15) is 18.1 Å². The summed E-state index contributed by atoms with van der Waals surface area (Å²) >= 11 is 6.11. The van der Waals surface area contributed by atoms with Gasteiger partial charge in [0, 0.05) is 12.7 Å². The number of aryl methyl sites for hydroxylation is 1. The van der Waals surface area contributed by atoms with Crippen LogP contribution in [-0.2, 0) is 13.1 Å². The molecule has 0 amide bonds. The first kappa shape index (κ1) is 15.2. The number of hydrogen-bond donors (Lipinski definition) is 0. The summed E-state index contributed by atoms with van der Waals surface area (Å²) in [7, 11) is 0. The summed E-state index contributed by atoms with van der Waals surface area (Å²) in [6, 6.07) is 5.08. The highest BCUT2D eigenvalue weighted by Crippen LogP contribution is 2.39. The summed E-state index contributed by atoms with van der Waals surface area (Å²) in [5.74, 6) is 0.910. The average molecular weight is 334 g/mol. The lowest BCUT2D eigenvalue weighted by Gasteiger charge is -2.10. The fourth-order valence-corrected chi connectivity index (χ4v) is 2.68. The van der Waals surface area contributed by atoms with Crippen LogP contribution in [0.15, 0.2) is 27.9 Å². The topological polar surface area (TPSA) is 86.2 Å². The molecule has 0 radical (unpaired) electrons. The molecule has 0 spiro atoms. The van der Waals surface area contributed by atoms with Crippen molar-refractivity contribution >= 4 is 11.6 Å². The quantitative estimate of drug-likeness (QED) is 0.845. The van der Waals surface area contributed by atoms with Gasteiger partial charge in [0.2, 0.25) is 6.79 Å². The van der Waals surface area contributed by atoms with E-state index in [0.29, 0.717) is 28.6 Å². The molecule has 23 heavy (non-hydrogen) atoms. The van der Waals surface area contributed by atoms with Gasteiger partial charge in [-0.05, 0) is 24.6 Å². The standard InChI is InChI=1S/C15H12ClN3O4/c1-2-18-7-10(5-17)14(20)19(15(18)21)6-9-3-11(16)13-12(4-9)22-8-23-13/h3-4,7H,2,6,8H2,1H3. The predicted molar refractivity (Wildman–Crippen MR) is 82.0 cm³/mol. The summed E-state index contributed by atoms with van der Waals surface area (Å²) in [6.45, 7) is 2.18. The Morgan fingerprint density at radius 2 is 2.13 bits per heavy atom. The maximum absolute atomic E-state index is 12.3. The predicted octanol–water partition coefficient (Wildman–Crippen LogP) is 1.33. The van der Waals surface area contributed by atoms with Crippen LogP contribution < -0.4 is 20.7 Å². The lowest BCUT2D eigenvalue weighted by Crippen LogP contribution is -2.40. The van der Waals surface area contributed by atoms with Crippen molar-refractivity contribution < 1.29 is 9.47 Å². The van der Waals surface area contributed by atoms with Gasteiger partial charge >= 0.3 is 5.69 Å². The smallest absolute Gasteiger partial charge is 0.331 e. The van der Waals surface area contributed by atoms with E-state index < -0.39 is 11.2 Å². The number of aromatic nitrogens is 2. The van der Waals surface area contributed by atoms with Crippen LogP contribution in [0.4, 0.5) is 0 Å². The zero-order valence-corrected chi connectivity index (χ0v) is 13.0. The SMILES string of the molecule is CCn1cc(C#N)c(=O)n(Cc2cc(Cl)c3c(c2)OCO3)c1=O. The van der Waals surface area contributed by atoms with Crippen LogP contribution in [0.2, 0.25) is 5.02 Å². The Kier molecular flexibility index (Phi) is 3.84. The average Bonchev–Trinajstić information content (AvgIpc) is 3.01. The second kappa shape index (κ2) is 5.82. The van der Waals surface area contributed by atoms with Crippen LogP contribution in [0.25, 0.3) is 0 Å². The maximum Gasteiger partial charge on any atom is 0.331 e. The van der Waals surface area contributed by atoms with Crippen molar-refractivity contribution in [1.29, 1.82) is 5.26 Å². The highest BCUT2D eigenvalue weighted by Gasteiger charge is 2.19. The first-order valence-corrected chi connectivity index (χ1v) is 7.25. The molecule has 1 aliphatic heterocycles. The van der Waals surface area contributed by atoms with E-state index in [1.165, 1.54) is 10.8 Å². The summed E-state index contributed by atoms with van der Waals surface area (Å²) in [6.07, 6.45) is 1.27. The fourth-order valence-electron chi connectivity index (χ4n) is 2.39. The van der Waals surface area contributed by atoms with Crippen molar-refractivity contribution in [3.63, 3.8) is 0 Å². The van der Waals surface area contributed by atoms with E-state index in [2.05, 4.69) is 0 Å². The molecule has 0 atom stereocenters. The zero-order valence-electron chi connectivity index (χ0n) is 12.2. The first-order valence-electron chi connectivity index (χ1n) is 6.87. The monoisotopic (exact) mass is 333 g/mol. The molecule has 1 aromatic carbocycles. The van der Waals surface area contributed by atoms with Crippen molar-refractivity contribution in [2.24, 2.45) is 0 Å². The molecular weight excluding hydrogens is 322 g/mol. The van der Waals surface area contributed by atoms with Gasteiger partial charge in [0.05, 0.1) is 11.6 Å². The lowest BCUT2D eigenvalue weighted by atomic mass is 10.2. The van der Waals surface area contributed by atoms with E-state index in [0.717, 1.165) is 4.57 Å². The third-order valence-corrected chi connectivity index (χ3v) is 3.81. The number of hydrogen-bond acceptors (Lipinski definition) is 5. The summed E-state index contributed by atoms with van der Waals surface area (Å²) in [4.78, 5) is 24.6. The Labute approximate surface area is 135 Å². The second-order valence-electron chi connectivity index (χ2n) is 4.93. The number of halogens is 1. The number of rotatable bonds is 3. The molecule has 8 heteroatoms. The number of nitriles is 1. The molecule has 7 nitrogen and oxygen atoms in total. The van der Waals surface area contributed by atoms with Crippen molar-refractivity contribution in [3.8, 4) is 17.6 Å². The fraction of sp³-hybridized carbons (Fsp3) is 0.267. The minimum Gasteiger partial charge on any atom is -0.454 e. The molecule has 2 aromatic rings. The molecule has 118 valence electrons. The zero-order chi connectivity index (χ0) is 16.6. The van der Waals surface area contributed by atoms with Crippen molar-refractivity contribution in [1.82, 2.24) is 9.13 Å². The Bertz CT molecular complexity index is 939. The molecule has 3 rings (SSSR count). The van der Waals surface area contributed by atoms with Gasteiger partial charge in [0.25, 0.3) is 5.56 Å². The van der Waals surface area contributed by atoms with Crippen LogP contribution in [0.3, 0.4) is 0 Å². The third-order valence-electron chi connectivity index (χ3n) is 3.53. The highest BCUT2D eigenvalue weighted by atomic mass is 35.5. The number of ether oxygens (including phenoxy) is 2. The normalized spacial score (nSPS) is 12.2. The van der Waals surface area contributed by atoms with Crippen LogP contribution in [0.5, 0.6) is 11.5 Å². The van der Waals surface area contributed by atoms with Gasteiger partial charge in [0.15, 0.2) is 11.5 Å². The Hall–Kier alpha value is -2.72. The summed E-state index contributed by atoms with van der Waals surface area (Å²) in [5, 5.41) is 9.40. The number of benzene rings is 1. The van der Waals surface area contributed by atoms with E-state index >= 15 is 0 Å². The van der Waals surface area contributed by atoms with Gasteiger partial charge in [-0.15, -0.1) is 0 Å². The molecular formula is C15H12ClN3O4.